The summed E-state index contributed by atoms with van der Waals surface area (Å²) < 4.78 is 10.4. The molecule has 0 aliphatic rings. The van der Waals surface area contributed by atoms with Crippen molar-refractivity contribution in [3.05, 3.63) is 30.3 Å². The zero-order valence-corrected chi connectivity index (χ0v) is 9.49. The summed E-state index contributed by atoms with van der Waals surface area (Å²) >= 11 is 0. The Morgan fingerprint density at radius 1 is 1.14 bits per heavy atom. The third-order valence-electron chi connectivity index (χ3n) is 1.28. The molecule has 0 spiro atoms. The molecule has 1 N–H and O–H groups in total. The van der Waals surface area contributed by atoms with Crippen LogP contribution < -0.4 is 4.52 Å². The van der Waals surface area contributed by atoms with Crippen molar-refractivity contribution in [2.24, 2.45) is 0 Å². The van der Waals surface area contributed by atoms with E-state index in [1.54, 1.807) is 12.1 Å². The molecular formula is C10H15O3P. The Labute approximate surface area is 85.7 Å². The highest BCUT2D eigenvalue weighted by Gasteiger charge is 2.19. The van der Waals surface area contributed by atoms with E-state index in [-0.39, 0.29) is 0 Å². The van der Waals surface area contributed by atoms with Crippen molar-refractivity contribution in [1.29, 1.82) is 0 Å². The molecule has 1 unspecified atom stereocenters. The van der Waals surface area contributed by atoms with Crippen LogP contribution in [0.4, 0.5) is 0 Å². The molecule has 1 aromatic carbocycles. The monoisotopic (exact) mass is 214 g/mol. The molecule has 0 radical (unpaired) electrons. The minimum absolute atomic E-state index is 0.394. The Morgan fingerprint density at radius 3 is 2.21 bits per heavy atom. The SMILES string of the molecule is CC(C)(C)OP(O)Oc1ccccc1. The van der Waals surface area contributed by atoms with Crippen molar-refractivity contribution in [2.75, 3.05) is 0 Å². The average Bonchev–Trinajstić information content (AvgIpc) is 2.02. The van der Waals surface area contributed by atoms with Gasteiger partial charge in [0.15, 0.2) is 0 Å². The van der Waals surface area contributed by atoms with E-state index in [4.69, 9.17) is 9.05 Å². The van der Waals surface area contributed by atoms with E-state index in [0.29, 0.717) is 5.75 Å². The van der Waals surface area contributed by atoms with Gasteiger partial charge in [0.05, 0.1) is 5.60 Å². The fourth-order valence-electron chi connectivity index (χ4n) is 0.824. The first-order valence-electron chi connectivity index (χ1n) is 4.38. The molecule has 0 aliphatic heterocycles. The van der Waals surface area contributed by atoms with Gasteiger partial charge in [-0.3, -0.25) is 4.52 Å². The zero-order valence-electron chi connectivity index (χ0n) is 8.60. The maximum absolute atomic E-state index is 9.46. The molecule has 0 bridgehead atoms. The molecule has 0 amide bonds. The zero-order chi connectivity index (χ0) is 10.6. The van der Waals surface area contributed by atoms with E-state index in [2.05, 4.69) is 0 Å². The lowest BCUT2D eigenvalue weighted by atomic mass is 10.2. The largest absolute Gasteiger partial charge is 0.427 e. The highest BCUT2D eigenvalue weighted by atomic mass is 31.2. The molecule has 3 nitrogen and oxygen atoms in total. The van der Waals surface area contributed by atoms with Gasteiger partial charge < -0.3 is 9.42 Å². The summed E-state index contributed by atoms with van der Waals surface area (Å²) in [7, 11) is -1.84. The normalized spacial score (nSPS) is 13.7. The first-order chi connectivity index (χ1) is 6.47. The van der Waals surface area contributed by atoms with Crippen molar-refractivity contribution in [3.8, 4) is 5.75 Å². The number of hydrogen-bond acceptors (Lipinski definition) is 3. The van der Waals surface area contributed by atoms with E-state index < -0.39 is 14.2 Å². The average molecular weight is 214 g/mol. The van der Waals surface area contributed by atoms with Crippen LogP contribution in [0.2, 0.25) is 0 Å². The maximum Gasteiger partial charge on any atom is 0.394 e. The van der Waals surface area contributed by atoms with Crippen LogP contribution in [0.15, 0.2) is 30.3 Å². The van der Waals surface area contributed by atoms with Gasteiger partial charge in [0.2, 0.25) is 0 Å². The molecule has 0 aliphatic carbocycles. The van der Waals surface area contributed by atoms with Crippen LogP contribution in [-0.4, -0.2) is 10.5 Å². The summed E-state index contributed by atoms with van der Waals surface area (Å²) in [6.45, 7) is 5.60. The Hall–Kier alpha value is -0.630. The van der Waals surface area contributed by atoms with Gasteiger partial charge in [-0.25, -0.2) is 0 Å². The van der Waals surface area contributed by atoms with Gasteiger partial charge in [0.1, 0.15) is 5.75 Å². The molecule has 0 aromatic heterocycles. The molecule has 0 heterocycles. The molecule has 0 saturated heterocycles. The van der Waals surface area contributed by atoms with Crippen molar-refractivity contribution in [3.63, 3.8) is 0 Å². The Balaban J connectivity index is 2.46. The van der Waals surface area contributed by atoms with Crippen molar-refractivity contribution in [1.82, 2.24) is 0 Å². The van der Waals surface area contributed by atoms with E-state index in [9.17, 15) is 4.89 Å². The fraction of sp³-hybridized carbons (Fsp3) is 0.400. The van der Waals surface area contributed by atoms with Crippen LogP contribution >= 0.6 is 8.60 Å². The van der Waals surface area contributed by atoms with E-state index in [1.807, 2.05) is 39.0 Å². The molecular weight excluding hydrogens is 199 g/mol. The first-order valence-corrected chi connectivity index (χ1v) is 5.51. The molecule has 1 aromatic rings. The minimum atomic E-state index is -1.84. The summed E-state index contributed by atoms with van der Waals surface area (Å²) in [6.07, 6.45) is 0. The summed E-state index contributed by atoms with van der Waals surface area (Å²) in [6, 6.07) is 9.12. The summed E-state index contributed by atoms with van der Waals surface area (Å²) in [5, 5.41) is 0. The van der Waals surface area contributed by atoms with Crippen LogP contribution in [0.3, 0.4) is 0 Å². The fourth-order valence-corrected chi connectivity index (χ4v) is 1.63. The van der Waals surface area contributed by atoms with Gasteiger partial charge >= 0.3 is 8.60 Å². The second-order valence-corrected chi connectivity index (χ2v) is 4.69. The Kier molecular flexibility index (Phi) is 3.87. The second-order valence-electron chi connectivity index (χ2n) is 3.85. The lowest BCUT2D eigenvalue weighted by Crippen LogP contribution is -2.16. The minimum Gasteiger partial charge on any atom is -0.427 e. The third kappa shape index (κ3) is 4.56. The smallest absolute Gasteiger partial charge is 0.394 e. The molecule has 14 heavy (non-hydrogen) atoms. The van der Waals surface area contributed by atoms with Crippen molar-refractivity contribution in [2.45, 2.75) is 26.4 Å². The number of benzene rings is 1. The van der Waals surface area contributed by atoms with Gasteiger partial charge in [-0.05, 0) is 32.9 Å². The van der Waals surface area contributed by atoms with Gasteiger partial charge in [-0.2, -0.15) is 0 Å². The van der Waals surface area contributed by atoms with Gasteiger partial charge in [-0.1, -0.05) is 18.2 Å². The van der Waals surface area contributed by atoms with E-state index in [0.717, 1.165) is 0 Å². The van der Waals surface area contributed by atoms with Gasteiger partial charge in [0, 0.05) is 0 Å². The van der Waals surface area contributed by atoms with Crippen LogP contribution in [-0.2, 0) is 4.52 Å². The maximum atomic E-state index is 9.46. The molecule has 0 saturated carbocycles. The lowest BCUT2D eigenvalue weighted by molar-refractivity contribution is 0.112. The lowest BCUT2D eigenvalue weighted by Gasteiger charge is -2.21. The number of para-hydroxylation sites is 1. The molecule has 4 heteroatoms. The molecule has 0 fully saturated rings. The van der Waals surface area contributed by atoms with Crippen LogP contribution in [0.1, 0.15) is 20.8 Å². The standard InChI is InChI=1S/C10H15O3P/c1-10(2,3)13-14(11)12-9-7-5-4-6-8-9/h4-8,11H,1-3H3. The predicted octanol–water partition coefficient (Wildman–Crippen LogP) is 3.10. The van der Waals surface area contributed by atoms with Gasteiger partial charge in [0.25, 0.3) is 0 Å². The van der Waals surface area contributed by atoms with Crippen molar-refractivity contribution < 1.29 is 13.9 Å². The topological polar surface area (TPSA) is 38.7 Å². The first kappa shape index (κ1) is 11.4. The quantitative estimate of drug-likeness (QED) is 0.786. The van der Waals surface area contributed by atoms with Crippen molar-refractivity contribution >= 4 is 8.60 Å². The molecule has 1 atom stereocenters. The van der Waals surface area contributed by atoms with Crippen LogP contribution in [0, 0.1) is 0 Å². The molecule has 78 valence electrons. The second kappa shape index (κ2) is 4.74. The number of hydrogen-bond donors (Lipinski definition) is 1. The summed E-state index contributed by atoms with van der Waals surface area (Å²) in [4.78, 5) is 9.46. The summed E-state index contributed by atoms with van der Waals surface area (Å²) in [5.41, 5.74) is -0.394. The third-order valence-corrected chi connectivity index (χ3v) is 2.35. The van der Waals surface area contributed by atoms with Crippen LogP contribution in [0.25, 0.3) is 0 Å². The van der Waals surface area contributed by atoms with Gasteiger partial charge in [-0.15, -0.1) is 0 Å². The molecule has 1 rings (SSSR count). The summed E-state index contributed by atoms with van der Waals surface area (Å²) in [5.74, 6) is 0.616. The van der Waals surface area contributed by atoms with E-state index >= 15 is 0 Å². The van der Waals surface area contributed by atoms with E-state index in [1.165, 1.54) is 0 Å². The highest BCUT2D eigenvalue weighted by Crippen LogP contribution is 2.38. The van der Waals surface area contributed by atoms with Crippen LogP contribution in [0.5, 0.6) is 5.75 Å². The Bertz CT molecular complexity index is 268. The number of rotatable bonds is 3. The highest BCUT2D eigenvalue weighted by molar-refractivity contribution is 7.41. The predicted molar refractivity (Wildman–Crippen MR) is 57.0 cm³/mol. The Morgan fingerprint density at radius 2 is 1.71 bits per heavy atom.